The third-order valence-electron chi connectivity index (χ3n) is 9.65. The fourth-order valence-corrected chi connectivity index (χ4v) is 7.53. The van der Waals surface area contributed by atoms with Gasteiger partial charge in [0.2, 0.25) is 0 Å². The average molecular weight is 650 g/mol. The molecule has 2 aliphatic carbocycles. The largest absolute Gasteiger partial charge is 0.487 e. The topological polar surface area (TPSA) is 64.5 Å². The van der Waals surface area contributed by atoms with E-state index >= 15 is 0 Å². The van der Waals surface area contributed by atoms with Gasteiger partial charge in [0.25, 0.3) is 0 Å². The number of hydrogen-bond donors (Lipinski definition) is 1. The molecule has 2 saturated carbocycles. The van der Waals surface area contributed by atoms with Gasteiger partial charge in [-0.1, -0.05) is 71.7 Å². The van der Waals surface area contributed by atoms with Gasteiger partial charge >= 0.3 is 0 Å². The molecule has 8 rings (SSSR count). The molecule has 2 aliphatic rings. The SMILES string of the molecule is CO.Clc1ccc2ccc(COc3ccc(C4CC5CCC54c4ccc(OCc5ccc6ccc(Cl)cc6n5)cc4)cc3)nc2c1. The Balaban J connectivity index is 0.00000166. The number of nitrogens with zero attached hydrogens (tertiary/aromatic N) is 2. The van der Waals surface area contributed by atoms with Crippen molar-refractivity contribution in [2.45, 2.75) is 43.8 Å². The van der Waals surface area contributed by atoms with Crippen LogP contribution in [0.25, 0.3) is 21.8 Å². The highest BCUT2D eigenvalue weighted by atomic mass is 35.5. The Labute approximate surface area is 278 Å². The number of benzene rings is 4. The third-order valence-corrected chi connectivity index (χ3v) is 10.1. The van der Waals surface area contributed by atoms with E-state index in [2.05, 4.69) is 60.7 Å². The van der Waals surface area contributed by atoms with Crippen molar-refractivity contribution in [2.24, 2.45) is 5.92 Å². The lowest BCUT2D eigenvalue weighted by Crippen LogP contribution is -2.58. The van der Waals surface area contributed by atoms with Crippen LogP contribution in [0.5, 0.6) is 11.5 Å². The standard InChI is InChI=1S/C38H30Cl2N2O2.CH4O/c39-29-9-1-25-3-11-31(41-36(25)20-29)22-43-33-13-5-24(6-14-33)35-19-28-17-18-38(28,35)27-7-15-34(16-8-27)44-23-32-12-4-26-2-10-30(40)21-37(26)42-32;1-2/h1-16,20-21,28,35H,17-19,22-23H2;2H,1H3. The number of aliphatic hydroxyl groups excluding tert-OH is 1. The summed E-state index contributed by atoms with van der Waals surface area (Å²) < 4.78 is 12.2. The Hall–Kier alpha value is -4.16. The summed E-state index contributed by atoms with van der Waals surface area (Å²) in [6.45, 7) is 0.828. The molecule has 46 heavy (non-hydrogen) atoms. The maximum absolute atomic E-state index is 7.00. The van der Waals surface area contributed by atoms with Crippen molar-refractivity contribution in [3.63, 3.8) is 0 Å². The van der Waals surface area contributed by atoms with E-state index in [-0.39, 0.29) is 5.41 Å². The highest BCUT2D eigenvalue weighted by molar-refractivity contribution is 6.31. The van der Waals surface area contributed by atoms with E-state index in [4.69, 9.17) is 47.8 Å². The molecule has 7 heteroatoms. The molecule has 0 amide bonds. The number of fused-ring (bicyclic) bond motifs is 3. The van der Waals surface area contributed by atoms with Gasteiger partial charge in [0.1, 0.15) is 24.7 Å². The first kappa shape index (κ1) is 30.5. The van der Waals surface area contributed by atoms with E-state index in [9.17, 15) is 0 Å². The fraction of sp³-hybridized carbons (Fsp3) is 0.231. The summed E-state index contributed by atoms with van der Waals surface area (Å²) in [4.78, 5) is 9.42. The van der Waals surface area contributed by atoms with Crippen LogP contribution in [0.3, 0.4) is 0 Å². The molecular weight excluding hydrogens is 615 g/mol. The first-order valence-corrected chi connectivity index (χ1v) is 16.3. The molecule has 0 radical (unpaired) electrons. The van der Waals surface area contributed by atoms with Gasteiger partial charge < -0.3 is 14.6 Å². The number of hydrogen-bond acceptors (Lipinski definition) is 5. The quantitative estimate of drug-likeness (QED) is 0.178. The van der Waals surface area contributed by atoms with Gasteiger partial charge in [0.05, 0.1) is 22.4 Å². The molecule has 5 nitrogen and oxygen atoms in total. The Morgan fingerprint density at radius 1 is 0.674 bits per heavy atom. The molecule has 1 N–H and O–H groups in total. The molecule has 0 bridgehead atoms. The van der Waals surface area contributed by atoms with Crippen LogP contribution in [0, 0.1) is 5.92 Å². The Kier molecular flexibility index (Phi) is 8.56. The van der Waals surface area contributed by atoms with Crippen LogP contribution in [-0.4, -0.2) is 22.2 Å². The second-order valence-corrected chi connectivity index (χ2v) is 12.9. The van der Waals surface area contributed by atoms with Gasteiger partial charge in [-0.2, -0.15) is 0 Å². The lowest BCUT2D eigenvalue weighted by atomic mass is 9.39. The Morgan fingerprint density at radius 2 is 1.17 bits per heavy atom. The molecule has 0 saturated heterocycles. The van der Waals surface area contributed by atoms with E-state index in [0.717, 1.165) is 57.7 Å². The van der Waals surface area contributed by atoms with Gasteiger partial charge in [-0.05, 0) is 103 Å². The van der Waals surface area contributed by atoms with E-state index in [1.54, 1.807) is 0 Å². The zero-order valence-electron chi connectivity index (χ0n) is 25.5. The normalized spacial score (nSPS) is 19.7. The summed E-state index contributed by atoms with van der Waals surface area (Å²) in [5.74, 6) is 2.97. The molecule has 6 aromatic rings. The summed E-state index contributed by atoms with van der Waals surface area (Å²) in [5, 5.41) is 10.5. The predicted octanol–water partition coefficient (Wildman–Crippen LogP) is 9.69. The molecule has 232 valence electrons. The van der Waals surface area contributed by atoms with Crippen molar-refractivity contribution in [2.75, 3.05) is 7.11 Å². The molecule has 2 aromatic heterocycles. The highest BCUT2D eigenvalue weighted by Gasteiger charge is 2.61. The van der Waals surface area contributed by atoms with Crippen molar-refractivity contribution in [1.29, 1.82) is 0 Å². The maximum Gasteiger partial charge on any atom is 0.130 e. The second-order valence-electron chi connectivity index (χ2n) is 12.0. The maximum atomic E-state index is 7.00. The molecule has 4 aromatic carbocycles. The van der Waals surface area contributed by atoms with Crippen molar-refractivity contribution in [3.8, 4) is 11.5 Å². The summed E-state index contributed by atoms with van der Waals surface area (Å²) in [5.41, 5.74) is 6.54. The molecule has 0 spiro atoms. The average Bonchev–Trinajstić information content (AvgIpc) is 3.09. The van der Waals surface area contributed by atoms with E-state index in [1.807, 2.05) is 48.5 Å². The van der Waals surface area contributed by atoms with Crippen molar-refractivity contribution in [3.05, 3.63) is 142 Å². The molecule has 0 aliphatic heterocycles. The summed E-state index contributed by atoms with van der Waals surface area (Å²) in [6.07, 6.45) is 3.76. The minimum atomic E-state index is 0.219. The summed E-state index contributed by atoms with van der Waals surface area (Å²) >= 11 is 12.3. The highest BCUT2D eigenvalue weighted by Crippen LogP contribution is 2.69. The van der Waals surface area contributed by atoms with Gasteiger partial charge in [-0.15, -0.1) is 0 Å². The number of halogens is 2. The van der Waals surface area contributed by atoms with Crippen LogP contribution in [0.15, 0.2) is 109 Å². The van der Waals surface area contributed by atoms with E-state index < -0.39 is 0 Å². The Bertz CT molecular complexity index is 2000. The summed E-state index contributed by atoms with van der Waals surface area (Å²) in [6, 6.07) is 37.1. The van der Waals surface area contributed by atoms with Crippen molar-refractivity contribution >= 4 is 45.0 Å². The van der Waals surface area contributed by atoms with E-state index in [0.29, 0.717) is 29.2 Å². The van der Waals surface area contributed by atoms with Gasteiger partial charge in [-0.3, -0.25) is 0 Å². The minimum absolute atomic E-state index is 0.219. The van der Waals surface area contributed by atoms with Gasteiger partial charge in [0.15, 0.2) is 0 Å². The van der Waals surface area contributed by atoms with Gasteiger partial charge in [0, 0.05) is 33.3 Å². The number of aliphatic hydroxyl groups is 1. The molecule has 2 heterocycles. The monoisotopic (exact) mass is 648 g/mol. The molecule has 3 unspecified atom stereocenters. The smallest absolute Gasteiger partial charge is 0.130 e. The molecule has 2 fully saturated rings. The first-order chi connectivity index (χ1) is 22.5. The zero-order chi connectivity index (χ0) is 31.7. The number of pyridine rings is 2. The third kappa shape index (κ3) is 5.79. The van der Waals surface area contributed by atoms with Crippen LogP contribution >= 0.6 is 23.2 Å². The van der Waals surface area contributed by atoms with Crippen LogP contribution in [0.4, 0.5) is 0 Å². The zero-order valence-corrected chi connectivity index (χ0v) is 27.0. The number of rotatable bonds is 8. The van der Waals surface area contributed by atoms with Crippen LogP contribution in [0.1, 0.15) is 47.7 Å². The lowest BCUT2D eigenvalue weighted by molar-refractivity contribution is -0.0251. The van der Waals surface area contributed by atoms with Crippen molar-refractivity contribution < 1.29 is 14.6 Å². The Morgan fingerprint density at radius 3 is 1.65 bits per heavy atom. The minimum Gasteiger partial charge on any atom is -0.487 e. The van der Waals surface area contributed by atoms with Crippen molar-refractivity contribution in [1.82, 2.24) is 9.97 Å². The predicted molar refractivity (Wildman–Crippen MR) is 185 cm³/mol. The molecule has 3 atom stereocenters. The number of aromatic nitrogens is 2. The molecular formula is C39H34Cl2N2O3. The van der Waals surface area contributed by atoms with Crippen LogP contribution in [0.2, 0.25) is 10.0 Å². The van der Waals surface area contributed by atoms with Gasteiger partial charge in [-0.25, -0.2) is 9.97 Å². The van der Waals surface area contributed by atoms with Crippen LogP contribution in [-0.2, 0) is 18.6 Å². The number of ether oxygens (including phenoxy) is 2. The second kappa shape index (κ2) is 12.9. The first-order valence-electron chi connectivity index (χ1n) is 15.5. The summed E-state index contributed by atoms with van der Waals surface area (Å²) in [7, 11) is 1.00. The lowest BCUT2D eigenvalue weighted by Gasteiger charge is -2.65. The fourth-order valence-electron chi connectivity index (χ4n) is 7.19. The van der Waals surface area contributed by atoms with E-state index in [1.165, 1.54) is 30.4 Å². The van der Waals surface area contributed by atoms with Crippen LogP contribution < -0.4 is 9.47 Å².